The van der Waals surface area contributed by atoms with Gasteiger partial charge in [-0.3, -0.25) is 0 Å². The Kier molecular flexibility index (Phi) is 3.73. The number of nitrogens with zero attached hydrogens (tertiary/aromatic N) is 1. The fourth-order valence-corrected chi connectivity index (χ4v) is 1.90. The lowest BCUT2D eigenvalue weighted by atomic mass is 10.1. The minimum atomic E-state index is 1.22. The molecular weight excluding hydrogens is 182 g/mol. The Morgan fingerprint density at radius 1 is 1.07 bits per heavy atom. The molecule has 0 fully saturated rings. The molecule has 1 rings (SSSR count). The standard InChI is InChI=1S/C14H19N/c1-6-9-13-11(4)12(8-3)14(10-7-2)15(13)5/h6-10H,3H2,1-2,4-5H3/b9-6-,10-7-. The van der Waals surface area contributed by atoms with Gasteiger partial charge in [0.1, 0.15) is 0 Å². The topological polar surface area (TPSA) is 4.93 Å². The van der Waals surface area contributed by atoms with Gasteiger partial charge in [0.15, 0.2) is 0 Å². The van der Waals surface area contributed by atoms with Crippen molar-refractivity contribution in [3.05, 3.63) is 41.2 Å². The van der Waals surface area contributed by atoms with Crippen LogP contribution in [0.3, 0.4) is 0 Å². The van der Waals surface area contributed by atoms with Crippen molar-refractivity contribution in [2.45, 2.75) is 20.8 Å². The molecule has 1 heteroatoms. The molecule has 0 atom stereocenters. The highest BCUT2D eigenvalue weighted by molar-refractivity contribution is 5.71. The van der Waals surface area contributed by atoms with E-state index in [4.69, 9.17) is 0 Å². The van der Waals surface area contributed by atoms with Crippen molar-refractivity contribution in [3.63, 3.8) is 0 Å². The Hall–Kier alpha value is -1.50. The average molecular weight is 201 g/mol. The van der Waals surface area contributed by atoms with E-state index in [9.17, 15) is 0 Å². The van der Waals surface area contributed by atoms with Crippen molar-refractivity contribution >= 4 is 18.2 Å². The van der Waals surface area contributed by atoms with Crippen LogP contribution in [0.25, 0.3) is 18.2 Å². The van der Waals surface area contributed by atoms with Crippen molar-refractivity contribution in [1.29, 1.82) is 0 Å². The zero-order valence-corrected chi connectivity index (χ0v) is 10.0. The highest BCUT2D eigenvalue weighted by Crippen LogP contribution is 2.24. The van der Waals surface area contributed by atoms with E-state index >= 15 is 0 Å². The summed E-state index contributed by atoms with van der Waals surface area (Å²) in [5.74, 6) is 0. The fraction of sp³-hybridized carbons (Fsp3) is 0.286. The van der Waals surface area contributed by atoms with Crippen molar-refractivity contribution < 1.29 is 0 Å². The quantitative estimate of drug-likeness (QED) is 0.695. The van der Waals surface area contributed by atoms with Crippen molar-refractivity contribution in [2.75, 3.05) is 0 Å². The second kappa shape index (κ2) is 4.83. The summed E-state index contributed by atoms with van der Waals surface area (Å²) in [6.07, 6.45) is 10.3. The van der Waals surface area contributed by atoms with Crippen LogP contribution in [0.1, 0.15) is 36.4 Å². The van der Waals surface area contributed by atoms with Gasteiger partial charge >= 0.3 is 0 Å². The molecule has 0 radical (unpaired) electrons. The highest BCUT2D eigenvalue weighted by Gasteiger charge is 2.11. The first-order chi connectivity index (χ1) is 7.17. The van der Waals surface area contributed by atoms with E-state index in [-0.39, 0.29) is 0 Å². The first-order valence-corrected chi connectivity index (χ1v) is 5.24. The molecule has 1 aromatic rings. The summed E-state index contributed by atoms with van der Waals surface area (Å²) in [7, 11) is 2.09. The molecule has 0 aliphatic heterocycles. The lowest BCUT2D eigenvalue weighted by Gasteiger charge is -2.01. The maximum Gasteiger partial charge on any atom is 0.0481 e. The molecule has 15 heavy (non-hydrogen) atoms. The van der Waals surface area contributed by atoms with Crippen molar-refractivity contribution in [2.24, 2.45) is 7.05 Å². The predicted octanol–water partition coefficient (Wildman–Crippen LogP) is 4.04. The van der Waals surface area contributed by atoms with E-state index in [2.05, 4.69) is 49.4 Å². The molecular formula is C14H19N. The monoisotopic (exact) mass is 201 g/mol. The molecule has 1 aromatic heterocycles. The second-order valence-electron chi connectivity index (χ2n) is 3.57. The summed E-state index contributed by atoms with van der Waals surface area (Å²) < 4.78 is 2.20. The van der Waals surface area contributed by atoms with Gasteiger partial charge in [-0.05, 0) is 38.5 Å². The largest absolute Gasteiger partial charge is 0.344 e. The van der Waals surface area contributed by atoms with Crippen LogP contribution in [0.5, 0.6) is 0 Å². The zero-order valence-electron chi connectivity index (χ0n) is 10.0. The SMILES string of the molecule is C=Cc1c(C)c(/C=C\C)n(C)c1/C=C\C. The molecule has 0 aliphatic carbocycles. The lowest BCUT2D eigenvalue weighted by molar-refractivity contribution is 0.898. The summed E-state index contributed by atoms with van der Waals surface area (Å²) in [6.45, 7) is 10.1. The first kappa shape index (κ1) is 11.6. The third-order valence-electron chi connectivity index (χ3n) is 2.64. The number of hydrogen-bond acceptors (Lipinski definition) is 0. The molecule has 0 aliphatic rings. The second-order valence-corrected chi connectivity index (χ2v) is 3.57. The van der Waals surface area contributed by atoms with E-state index < -0.39 is 0 Å². The Morgan fingerprint density at radius 3 is 2.07 bits per heavy atom. The molecule has 0 saturated carbocycles. The number of hydrogen-bond donors (Lipinski definition) is 0. The lowest BCUT2D eigenvalue weighted by Crippen LogP contribution is -1.94. The molecule has 0 amide bonds. The van der Waals surface area contributed by atoms with Crippen LogP contribution < -0.4 is 0 Å². The van der Waals surface area contributed by atoms with Gasteiger partial charge in [-0.15, -0.1) is 0 Å². The molecule has 1 heterocycles. The number of rotatable bonds is 3. The Morgan fingerprint density at radius 2 is 1.60 bits per heavy atom. The van der Waals surface area contributed by atoms with E-state index in [1.54, 1.807) is 0 Å². The molecule has 0 aromatic carbocycles. The molecule has 0 spiro atoms. The highest BCUT2D eigenvalue weighted by atomic mass is 15.0. The minimum absolute atomic E-state index is 1.22. The maximum absolute atomic E-state index is 3.88. The summed E-state index contributed by atoms with van der Waals surface area (Å²) in [4.78, 5) is 0. The molecule has 0 bridgehead atoms. The van der Waals surface area contributed by atoms with Crippen LogP contribution >= 0.6 is 0 Å². The smallest absolute Gasteiger partial charge is 0.0481 e. The summed E-state index contributed by atoms with van der Waals surface area (Å²) in [5, 5.41) is 0. The van der Waals surface area contributed by atoms with Gasteiger partial charge in [-0.2, -0.15) is 0 Å². The molecule has 1 nitrogen and oxygen atoms in total. The summed E-state index contributed by atoms with van der Waals surface area (Å²) >= 11 is 0. The van der Waals surface area contributed by atoms with Crippen molar-refractivity contribution in [1.82, 2.24) is 4.57 Å². The van der Waals surface area contributed by atoms with Crippen LogP contribution in [0.15, 0.2) is 18.7 Å². The van der Waals surface area contributed by atoms with Gasteiger partial charge in [-0.1, -0.05) is 24.8 Å². The van der Waals surface area contributed by atoms with Gasteiger partial charge in [0, 0.05) is 24.0 Å². The summed E-state index contributed by atoms with van der Waals surface area (Å²) in [6, 6.07) is 0. The van der Waals surface area contributed by atoms with Crippen LogP contribution in [-0.2, 0) is 7.05 Å². The number of allylic oxidation sites excluding steroid dienone is 2. The third kappa shape index (κ3) is 1.96. The fourth-order valence-electron chi connectivity index (χ4n) is 1.90. The van der Waals surface area contributed by atoms with Crippen LogP contribution in [0, 0.1) is 6.92 Å². The minimum Gasteiger partial charge on any atom is -0.344 e. The zero-order chi connectivity index (χ0) is 11.4. The first-order valence-electron chi connectivity index (χ1n) is 5.24. The predicted molar refractivity (Wildman–Crippen MR) is 69.7 cm³/mol. The van der Waals surface area contributed by atoms with Gasteiger partial charge in [-0.25, -0.2) is 0 Å². The molecule has 0 unspecified atom stereocenters. The van der Waals surface area contributed by atoms with Gasteiger partial charge in [0.2, 0.25) is 0 Å². The Balaban J connectivity index is 3.51. The normalized spacial score (nSPS) is 11.7. The van der Waals surface area contributed by atoms with Crippen molar-refractivity contribution in [3.8, 4) is 0 Å². The third-order valence-corrected chi connectivity index (χ3v) is 2.64. The van der Waals surface area contributed by atoms with E-state index in [1.807, 2.05) is 19.9 Å². The number of aromatic nitrogens is 1. The van der Waals surface area contributed by atoms with E-state index in [1.165, 1.54) is 22.5 Å². The Bertz CT molecular complexity index is 417. The van der Waals surface area contributed by atoms with E-state index in [0.29, 0.717) is 0 Å². The Labute approximate surface area is 92.4 Å². The van der Waals surface area contributed by atoms with Gasteiger partial charge in [0.05, 0.1) is 0 Å². The maximum atomic E-state index is 3.88. The molecule has 0 N–H and O–H groups in total. The van der Waals surface area contributed by atoms with Gasteiger partial charge < -0.3 is 4.57 Å². The molecule has 0 saturated heterocycles. The summed E-state index contributed by atoms with van der Waals surface area (Å²) in [5.41, 5.74) is 4.99. The van der Waals surface area contributed by atoms with Crippen LogP contribution in [-0.4, -0.2) is 4.57 Å². The van der Waals surface area contributed by atoms with Crippen LogP contribution in [0.2, 0.25) is 0 Å². The molecule has 80 valence electrons. The van der Waals surface area contributed by atoms with Gasteiger partial charge in [0.25, 0.3) is 0 Å². The van der Waals surface area contributed by atoms with Crippen LogP contribution in [0.4, 0.5) is 0 Å². The van der Waals surface area contributed by atoms with E-state index in [0.717, 1.165) is 0 Å². The average Bonchev–Trinajstić information content (AvgIpc) is 2.44.